The van der Waals surface area contributed by atoms with Crippen molar-refractivity contribution >= 4 is 34.8 Å². The van der Waals surface area contributed by atoms with Gasteiger partial charge in [-0.15, -0.1) is 0 Å². The lowest BCUT2D eigenvalue weighted by Gasteiger charge is -2.08. The van der Waals surface area contributed by atoms with Gasteiger partial charge in [0.05, 0.1) is 27.8 Å². The molecule has 0 aliphatic carbocycles. The van der Waals surface area contributed by atoms with Crippen LogP contribution in [0.4, 0.5) is 14.5 Å². The summed E-state index contributed by atoms with van der Waals surface area (Å²) in [6, 6.07) is 6.45. The zero-order chi connectivity index (χ0) is 19.7. The SMILES string of the molecule is Cc1nn(C(F)F)c(C)c1NC(=O)c1nccc(-c2cc(Cl)ccc2Cl)n1. The Hall–Kier alpha value is -2.58. The molecule has 0 fully saturated rings. The number of hydrogen-bond acceptors (Lipinski definition) is 4. The molecule has 0 spiro atoms. The molecule has 1 aromatic carbocycles. The first kappa shape index (κ1) is 19.2. The summed E-state index contributed by atoms with van der Waals surface area (Å²) in [6.07, 6.45) is 1.40. The fraction of sp³-hybridized carbons (Fsp3) is 0.176. The quantitative estimate of drug-likeness (QED) is 0.661. The number of aromatic nitrogens is 4. The zero-order valence-corrected chi connectivity index (χ0v) is 15.7. The Morgan fingerprint density at radius 2 is 1.96 bits per heavy atom. The first-order valence-corrected chi connectivity index (χ1v) is 8.47. The molecule has 6 nitrogen and oxygen atoms in total. The fourth-order valence-corrected chi connectivity index (χ4v) is 2.90. The summed E-state index contributed by atoms with van der Waals surface area (Å²) in [5.41, 5.74) is 1.52. The predicted molar refractivity (Wildman–Crippen MR) is 98.4 cm³/mol. The van der Waals surface area contributed by atoms with Crippen molar-refractivity contribution in [2.75, 3.05) is 5.32 Å². The van der Waals surface area contributed by atoms with E-state index in [1.807, 2.05) is 0 Å². The minimum Gasteiger partial charge on any atom is -0.316 e. The van der Waals surface area contributed by atoms with Crippen molar-refractivity contribution in [2.45, 2.75) is 20.4 Å². The average molecular weight is 412 g/mol. The van der Waals surface area contributed by atoms with E-state index in [0.29, 0.717) is 26.0 Å². The molecule has 2 heterocycles. The first-order valence-electron chi connectivity index (χ1n) is 7.71. The summed E-state index contributed by atoms with van der Waals surface area (Å²) in [5, 5.41) is 7.13. The summed E-state index contributed by atoms with van der Waals surface area (Å²) >= 11 is 12.2. The van der Waals surface area contributed by atoms with Crippen molar-refractivity contribution in [3.05, 3.63) is 57.7 Å². The van der Waals surface area contributed by atoms with Gasteiger partial charge in [0, 0.05) is 16.8 Å². The third kappa shape index (κ3) is 3.91. The third-order valence-electron chi connectivity index (χ3n) is 3.81. The highest BCUT2D eigenvalue weighted by atomic mass is 35.5. The van der Waals surface area contributed by atoms with E-state index in [1.54, 1.807) is 24.3 Å². The van der Waals surface area contributed by atoms with Gasteiger partial charge in [-0.25, -0.2) is 14.6 Å². The molecule has 140 valence electrons. The van der Waals surface area contributed by atoms with Gasteiger partial charge in [-0.05, 0) is 38.1 Å². The Bertz CT molecular complexity index is 1020. The minimum absolute atomic E-state index is 0.130. The van der Waals surface area contributed by atoms with Gasteiger partial charge in [0.25, 0.3) is 5.91 Å². The molecule has 3 aromatic rings. The van der Waals surface area contributed by atoms with Crippen LogP contribution in [0.25, 0.3) is 11.3 Å². The lowest BCUT2D eigenvalue weighted by Crippen LogP contribution is -2.17. The van der Waals surface area contributed by atoms with Gasteiger partial charge < -0.3 is 5.32 Å². The van der Waals surface area contributed by atoms with Crippen LogP contribution in [0.5, 0.6) is 0 Å². The Labute approximate surface area is 163 Å². The number of rotatable bonds is 4. The number of alkyl halides is 2. The van der Waals surface area contributed by atoms with Crippen LogP contribution in [0.1, 0.15) is 28.6 Å². The van der Waals surface area contributed by atoms with Gasteiger partial charge in [0.1, 0.15) is 0 Å². The molecule has 0 atom stereocenters. The molecular weight excluding hydrogens is 399 g/mol. The molecule has 0 aliphatic heterocycles. The van der Waals surface area contributed by atoms with E-state index in [-0.39, 0.29) is 22.9 Å². The first-order chi connectivity index (χ1) is 12.8. The van der Waals surface area contributed by atoms with Crippen molar-refractivity contribution in [1.82, 2.24) is 19.7 Å². The average Bonchev–Trinajstić information content (AvgIpc) is 2.92. The van der Waals surface area contributed by atoms with Crippen molar-refractivity contribution in [1.29, 1.82) is 0 Å². The number of amides is 1. The van der Waals surface area contributed by atoms with Gasteiger partial charge in [-0.2, -0.15) is 13.9 Å². The van der Waals surface area contributed by atoms with Crippen LogP contribution in [0.3, 0.4) is 0 Å². The third-order valence-corrected chi connectivity index (χ3v) is 4.38. The number of nitrogens with zero attached hydrogens (tertiary/aromatic N) is 4. The van der Waals surface area contributed by atoms with E-state index in [0.717, 1.165) is 0 Å². The maximum absolute atomic E-state index is 12.9. The van der Waals surface area contributed by atoms with Crippen molar-refractivity contribution in [2.24, 2.45) is 0 Å². The van der Waals surface area contributed by atoms with Gasteiger partial charge >= 0.3 is 6.55 Å². The van der Waals surface area contributed by atoms with Crippen LogP contribution in [0, 0.1) is 13.8 Å². The van der Waals surface area contributed by atoms with E-state index in [4.69, 9.17) is 23.2 Å². The zero-order valence-electron chi connectivity index (χ0n) is 14.2. The van der Waals surface area contributed by atoms with E-state index < -0.39 is 12.5 Å². The summed E-state index contributed by atoms with van der Waals surface area (Å²) in [7, 11) is 0. The van der Waals surface area contributed by atoms with E-state index >= 15 is 0 Å². The minimum atomic E-state index is -2.81. The van der Waals surface area contributed by atoms with E-state index in [2.05, 4.69) is 20.4 Å². The maximum Gasteiger partial charge on any atom is 0.333 e. The summed E-state index contributed by atoms with van der Waals surface area (Å²) in [6.45, 7) is 0.147. The summed E-state index contributed by atoms with van der Waals surface area (Å²) in [5.74, 6) is -0.804. The number of carbonyl (C=O) groups is 1. The number of anilines is 1. The number of halogens is 4. The van der Waals surface area contributed by atoms with Crippen LogP contribution in [0.15, 0.2) is 30.5 Å². The van der Waals surface area contributed by atoms with E-state index in [9.17, 15) is 13.6 Å². The number of carbonyl (C=O) groups excluding carboxylic acids is 1. The molecule has 1 amide bonds. The largest absolute Gasteiger partial charge is 0.333 e. The molecule has 0 radical (unpaired) electrons. The second-order valence-electron chi connectivity index (χ2n) is 5.61. The molecule has 3 rings (SSSR count). The van der Waals surface area contributed by atoms with Crippen LogP contribution in [0.2, 0.25) is 10.0 Å². The van der Waals surface area contributed by atoms with Crippen molar-refractivity contribution in [3.8, 4) is 11.3 Å². The highest BCUT2D eigenvalue weighted by Gasteiger charge is 2.20. The number of benzene rings is 1. The van der Waals surface area contributed by atoms with Gasteiger partial charge in [-0.1, -0.05) is 23.2 Å². The standard InChI is InChI=1S/C17H13Cl2F2N5O/c1-8-14(9(2)26(25-8)17(20)21)24-16(27)15-22-6-5-13(23-15)11-7-10(18)3-4-12(11)19/h3-7,17H,1-2H3,(H,24,27). The van der Waals surface area contributed by atoms with Crippen LogP contribution in [-0.2, 0) is 0 Å². The molecule has 10 heteroatoms. The molecule has 0 saturated heterocycles. The monoisotopic (exact) mass is 411 g/mol. The normalized spacial score (nSPS) is 11.1. The van der Waals surface area contributed by atoms with Crippen molar-refractivity contribution < 1.29 is 13.6 Å². The molecule has 2 aromatic heterocycles. The molecule has 1 N–H and O–H groups in total. The van der Waals surface area contributed by atoms with Gasteiger partial charge in [0.2, 0.25) is 5.82 Å². The topological polar surface area (TPSA) is 72.7 Å². The number of nitrogens with one attached hydrogen (secondary N) is 1. The second-order valence-corrected chi connectivity index (χ2v) is 6.46. The Morgan fingerprint density at radius 3 is 2.63 bits per heavy atom. The molecule has 27 heavy (non-hydrogen) atoms. The smallest absolute Gasteiger partial charge is 0.316 e. The summed E-state index contributed by atoms with van der Waals surface area (Å²) in [4.78, 5) is 20.7. The Morgan fingerprint density at radius 1 is 1.22 bits per heavy atom. The molecule has 0 saturated carbocycles. The Kier molecular flexibility index (Phi) is 5.38. The van der Waals surface area contributed by atoms with Gasteiger partial charge in [0.15, 0.2) is 0 Å². The number of hydrogen-bond donors (Lipinski definition) is 1. The predicted octanol–water partition coefficient (Wildman–Crippen LogP) is 4.91. The van der Waals surface area contributed by atoms with Crippen LogP contribution >= 0.6 is 23.2 Å². The van der Waals surface area contributed by atoms with E-state index in [1.165, 1.54) is 20.0 Å². The Balaban J connectivity index is 1.92. The second kappa shape index (κ2) is 7.58. The lowest BCUT2D eigenvalue weighted by atomic mass is 10.1. The number of aryl methyl sites for hydroxylation is 1. The van der Waals surface area contributed by atoms with Crippen molar-refractivity contribution in [3.63, 3.8) is 0 Å². The van der Waals surface area contributed by atoms with Gasteiger partial charge in [-0.3, -0.25) is 4.79 Å². The molecule has 0 aliphatic rings. The lowest BCUT2D eigenvalue weighted by molar-refractivity contribution is 0.0541. The summed E-state index contributed by atoms with van der Waals surface area (Å²) < 4.78 is 26.4. The molecule has 0 bridgehead atoms. The fourth-order valence-electron chi connectivity index (χ4n) is 2.52. The highest BCUT2D eigenvalue weighted by Crippen LogP contribution is 2.29. The molecular formula is C17H13Cl2F2N5O. The van der Waals surface area contributed by atoms with Crippen LogP contribution in [-0.4, -0.2) is 25.7 Å². The van der Waals surface area contributed by atoms with Crippen LogP contribution < -0.4 is 5.32 Å². The molecule has 0 unspecified atom stereocenters. The maximum atomic E-state index is 12.9. The highest BCUT2D eigenvalue weighted by molar-refractivity contribution is 6.35.